The summed E-state index contributed by atoms with van der Waals surface area (Å²) in [5, 5.41) is 2.69. The van der Waals surface area contributed by atoms with Crippen LogP contribution in [0.3, 0.4) is 0 Å². The van der Waals surface area contributed by atoms with E-state index in [1.54, 1.807) is 30.3 Å². The maximum absolute atomic E-state index is 13.4. The van der Waals surface area contributed by atoms with Crippen molar-refractivity contribution in [2.45, 2.75) is 11.4 Å². The molecule has 30 heavy (non-hydrogen) atoms. The Hall–Kier alpha value is -2.45. The zero-order valence-electron chi connectivity index (χ0n) is 15.6. The van der Waals surface area contributed by atoms with Gasteiger partial charge >= 0.3 is 0 Å². The average Bonchev–Trinajstić information content (AvgIpc) is 2.70. The molecule has 3 rings (SSSR count). The highest BCUT2D eigenvalue weighted by atomic mass is 35.5. The number of hydrogen-bond donors (Lipinski definition) is 1. The minimum atomic E-state index is -4.17. The van der Waals surface area contributed by atoms with Gasteiger partial charge in [0.25, 0.3) is 0 Å². The summed E-state index contributed by atoms with van der Waals surface area (Å²) < 4.78 is 41.0. The van der Waals surface area contributed by atoms with Crippen LogP contribution in [-0.4, -0.2) is 25.2 Å². The monoisotopic (exact) mass is 466 g/mol. The fraction of sp³-hybridized carbons (Fsp3) is 0.0952. The Morgan fingerprint density at radius 2 is 1.70 bits per heavy atom. The molecule has 0 aromatic heterocycles. The Bertz CT molecular complexity index is 1160. The third kappa shape index (κ3) is 5.58. The van der Waals surface area contributed by atoms with E-state index >= 15 is 0 Å². The number of carbonyl (C=O) groups excluding carboxylic acids is 1. The van der Waals surface area contributed by atoms with Crippen molar-refractivity contribution >= 4 is 44.8 Å². The minimum Gasteiger partial charge on any atom is -0.325 e. The molecule has 9 heteroatoms. The summed E-state index contributed by atoms with van der Waals surface area (Å²) in [4.78, 5) is 12.4. The van der Waals surface area contributed by atoms with E-state index in [0.29, 0.717) is 5.56 Å². The number of rotatable bonds is 7. The lowest BCUT2D eigenvalue weighted by Crippen LogP contribution is -2.37. The first kappa shape index (κ1) is 22.2. The van der Waals surface area contributed by atoms with Crippen molar-refractivity contribution < 1.29 is 17.6 Å². The van der Waals surface area contributed by atoms with E-state index in [4.69, 9.17) is 23.2 Å². The van der Waals surface area contributed by atoms with Crippen molar-refractivity contribution in [3.63, 3.8) is 0 Å². The van der Waals surface area contributed by atoms with E-state index in [0.717, 1.165) is 10.4 Å². The largest absolute Gasteiger partial charge is 0.325 e. The number of carbonyl (C=O) groups is 1. The molecular weight excluding hydrogens is 450 g/mol. The van der Waals surface area contributed by atoms with Gasteiger partial charge in [0, 0.05) is 17.3 Å². The topological polar surface area (TPSA) is 66.5 Å². The quantitative estimate of drug-likeness (QED) is 0.534. The molecule has 0 saturated heterocycles. The molecule has 0 fully saturated rings. The predicted molar refractivity (Wildman–Crippen MR) is 116 cm³/mol. The van der Waals surface area contributed by atoms with Crippen molar-refractivity contribution in [3.8, 4) is 0 Å². The maximum atomic E-state index is 13.4. The Balaban J connectivity index is 1.91. The van der Waals surface area contributed by atoms with Crippen LogP contribution in [0.5, 0.6) is 0 Å². The van der Waals surface area contributed by atoms with Crippen LogP contribution in [0.4, 0.5) is 10.1 Å². The van der Waals surface area contributed by atoms with Gasteiger partial charge in [-0.3, -0.25) is 4.79 Å². The summed E-state index contributed by atoms with van der Waals surface area (Å²) >= 11 is 12.1. The summed E-state index contributed by atoms with van der Waals surface area (Å²) in [6.07, 6.45) is 0. The van der Waals surface area contributed by atoms with Crippen LogP contribution in [0.2, 0.25) is 10.0 Å². The molecule has 0 aliphatic heterocycles. The molecule has 0 unspecified atom stereocenters. The number of sulfonamides is 1. The summed E-state index contributed by atoms with van der Waals surface area (Å²) in [5.74, 6) is -1.15. The number of nitrogens with zero attached hydrogens (tertiary/aromatic N) is 1. The molecule has 1 N–H and O–H groups in total. The first-order valence-electron chi connectivity index (χ1n) is 8.80. The summed E-state index contributed by atoms with van der Waals surface area (Å²) in [5.41, 5.74) is 0.899. The Morgan fingerprint density at radius 1 is 0.967 bits per heavy atom. The van der Waals surface area contributed by atoms with Crippen LogP contribution in [-0.2, 0) is 21.4 Å². The molecule has 0 saturated carbocycles. The van der Waals surface area contributed by atoms with Crippen LogP contribution in [0, 0.1) is 5.82 Å². The fourth-order valence-electron chi connectivity index (χ4n) is 2.75. The smallest absolute Gasteiger partial charge is 0.245 e. The third-order valence-electron chi connectivity index (χ3n) is 4.14. The number of anilines is 1. The van der Waals surface area contributed by atoms with Crippen LogP contribution < -0.4 is 5.32 Å². The molecule has 0 radical (unpaired) electrons. The molecule has 0 aliphatic carbocycles. The number of amides is 1. The SMILES string of the molecule is O=C(CN(Cc1ccccc1)S(=O)(=O)c1cc(Cl)ccc1Cl)Nc1cccc(F)c1. The second kappa shape index (κ2) is 9.57. The number of benzene rings is 3. The van der Waals surface area contributed by atoms with Gasteiger partial charge in [-0.1, -0.05) is 59.6 Å². The molecule has 3 aromatic rings. The molecule has 5 nitrogen and oxygen atoms in total. The van der Waals surface area contributed by atoms with Crippen LogP contribution >= 0.6 is 23.2 Å². The Labute approximate surface area is 184 Å². The normalized spacial score (nSPS) is 11.5. The Morgan fingerprint density at radius 3 is 2.40 bits per heavy atom. The van der Waals surface area contributed by atoms with Crippen molar-refractivity contribution in [3.05, 3.63) is 94.2 Å². The van der Waals surface area contributed by atoms with E-state index in [2.05, 4.69) is 5.32 Å². The second-order valence-electron chi connectivity index (χ2n) is 6.39. The van der Waals surface area contributed by atoms with E-state index < -0.39 is 28.3 Å². The van der Waals surface area contributed by atoms with Gasteiger partial charge in [0.2, 0.25) is 15.9 Å². The second-order valence-corrected chi connectivity index (χ2v) is 9.14. The standard InChI is InChI=1S/C21H17Cl2FN2O3S/c22-16-9-10-19(23)20(11-16)30(28,29)26(13-15-5-2-1-3-6-15)14-21(27)25-18-8-4-7-17(24)12-18/h1-12H,13-14H2,(H,25,27). The van der Waals surface area contributed by atoms with Crippen molar-refractivity contribution in [2.75, 3.05) is 11.9 Å². The molecule has 1 amide bonds. The first-order chi connectivity index (χ1) is 14.3. The molecule has 0 spiro atoms. The minimum absolute atomic E-state index is 0.0111. The van der Waals surface area contributed by atoms with Crippen molar-refractivity contribution in [1.29, 1.82) is 0 Å². The zero-order chi connectivity index (χ0) is 21.7. The first-order valence-corrected chi connectivity index (χ1v) is 11.0. The van der Waals surface area contributed by atoms with E-state index in [9.17, 15) is 17.6 Å². The lowest BCUT2D eigenvalue weighted by atomic mass is 10.2. The molecule has 0 heterocycles. The molecule has 3 aromatic carbocycles. The van der Waals surface area contributed by atoms with Gasteiger partial charge in [0.15, 0.2) is 0 Å². The Kier molecular flexibility index (Phi) is 7.10. The molecule has 0 aliphatic rings. The van der Waals surface area contributed by atoms with Crippen LogP contribution in [0.25, 0.3) is 0 Å². The highest BCUT2D eigenvalue weighted by molar-refractivity contribution is 7.89. The highest BCUT2D eigenvalue weighted by Crippen LogP contribution is 2.28. The maximum Gasteiger partial charge on any atom is 0.245 e. The highest BCUT2D eigenvalue weighted by Gasteiger charge is 2.29. The third-order valence-corrected chi connectivity index (χ3v) is 6.65. The lowest BCUT2D eigenvalue weighted by molar-refractivity contribution is -0.116. The van der Waals surface area contributed by atoms with Crippen molar-refractivity contribution in [2.24, 2.45) is 0 Å². The lowest BCUT2D eigenvalue weighted by Gasteiger charge is -2.22. The van der Waals surface area contributed by atoms with Gasteiger partial charge in [-0.25, -0.2) is 12.8 Å². The van der Waals surface area contributed by atoms with Crippen LogP contribution in [0.1, 0.15) is 5.56 Å². The van der Waals surface area contributed by atoms with Gasteiger partial charge in [0.05, 0.1) is 11.6 Å². The van der Waals surface area contributed by atoms with Gasteiger partial charge in [-0.2, -0.15) is 4.31 Å². The van der Waals surface area contributed by atoms with E-state index in [1.807, 2.05) is 0 Å². The molecule has 0 atom stereocenters. The summed E-state index contributed by atoms with van der Waals surface area (Å²) in [6.45, 7) is -0.570. The molecule has 156 valence electrons. The summed E-state index contributed by atoms with van der Waals surface area (Å²) in [6, 6.07) is 18.2. The van der Waals surface area contributed by atoms with Gasteiger partial charge < -0.3 is 5.32 Å². The van der Waals surface area contributed by atoms with Crippen LogP contribution in [0.15, 0.2) is 77.7 Å². The van der Waals surface area contributed by atoms with Gasteiger partial charge in [-0.15, -0.1) is 0 Å². The number of nitrogens with one attached hydrogen (secondary N) is 1. The van der Waals surface area contributed by atoms with Crippen molar-refractivity contribution in [1.82, 2.24) is 4.31 Å². The fourth-order valence-corrected chi connectivity index (χ4v) is 4.88. The molecular formula is C21H17Cl2FN2O3S. The number of hydrogen-bond acceptors (Lipinski definition) is 3. The van der Waals surface area contributed by atoms with Gasteiger partial charge in [-0.05, 0) is 42.0 Å². The molecule has 0 bridgehead atoms. The number of halogens is 3. The van der Waals surface area contributed by atoms with E-state index in [-0.39, 0.29) is 27.2 Å². The summed E-state index contributed by atoms with van der Waals surface area (Å²) in [7, 11) is -4.17. The average molecular weight is 467 g/mol. The van der Waals surface area contributed by atoms with Gasteiger partial charge in [0.1, 0.15) is 10.7 Å². The van der Waals surface area contributed by atoms with E-state index in [1.165, 1.54) is 36.4 Å². The predicted octanol–water partition coefficient (Wildman–Crippen LogP) is 4.96. The zero-order valence-corrected chi connectivity index (χ0v) is 17.9.